The van der Waals surface area contributed by atoms with E-state index in [1.807, 2.05) is 6.07 Å². The standard InChI is InChI=1S/C12H13ClN2OS/c13-10-1-2-12(9(7-10)8-14)15-11-3-5-17(16)6-4-11/h1-2,7,11,15H,3-6H2. The number of nitrogens with zero attached hydrogens (tertiary/aromatic N) is 1. The Kier molecular flexibility index (Phi) is 4.03. The smallest absolute Gasteiger partial charge is 0.101 e. The van der Waals surface area contributed by atoms with Gasteiger partial charge in [0.1, 0.15) is 6.07 Å². The Morgan fingerprint density at radius 3 is 2.76 bits per heavy atom. The average molecular weight is 269 g/mol. The molecular formula is C12H13ClN2OS. The maximum atomic E-state index is 11.2. The molecule has 2 rings (SSSR count). The second kappa shape index (κ2) is 5.52. The van der Waals surface area contributed by atoms with Crippen LogP contribution in [0, 0.1) is 11.3 Å². The van der Waals surface area contributed by atoms with E-state index in [1.54, 1.807) is 12.1 Å². The van der Waals surface area contributed by atoms with Crippen molar-refractivity contribution in [2.24, 2.45) is 0 Å². The van der Waals surface area contributed by atoms with Gasteiger partial charge in [-0.15, -0.1) is 0 Å². The third-order valence-corrected chi connectivity index (χ3v) is 4.47. The number of nitrogens with one attached hydrogen (secondary N) is 1. The van der Waals surface area contributed by atoms with E-state index in [-0.39, 0.29) is 0 Å². The summed E-state index contributed by atoms with van der Waals surface area (Å²) in [7, 11) is -0.656. The van der Waals surface area contributed by atoms with Gasteiger partial charge in [0.25, 0.3) is 0 Å². The fourth-order valence-corrected chi connectivity index (χ4v) is 3.36. The minimum absolute atomic E-state index is 0.306. The monoisotopic (exact) mass is 268 g/mol. The van der Waals surface area contributed by atoms with Gasteiger partial charge in [-0.2, -0.15) is 5.26 Å². The quantitative estimate of drug-likeness (QED) is 0.897. The molecule has 0 aliphatic carbocycles. The SMILES string of the molecule is N#Cc1cc(Cl)ccc1NC1CCS(=O)CC1. The van der Waals surface area contributed by atoms with E-state index in [9.17, 15) is 4.21 Å². The molecule has 1 aromatic carbocycles. The van der Waals surface area contributed by atoms with E-state index in [2.05, 4.69) is 11.4 Å². The number of benzene rings is 1. The Hall–Kier alpha value is -1.05. The number of hydrogen-bond donors (Lipinski definition) is 1. The van der Waals surface area contributed by atoms with Gasteiger partial charge in [-0.3, -0.25) is 4.21 Å². The van der Waals surface area contributed by atoms with Crippen LogP contribution < -0.4 is 5.32 Å². The molecule has 0 amide bonds. The third kappa shape index (κ3) is 3.21. The van der Waals surface area contributed by atoms with Gasteiger partial charge in [0.05, 0.1) is 11.3 Å². The van der Waals surface area contributed by atoms with Crippen LogP contribution in [0.3, 0.4) is 0 Å². The summed E-state index contributed by atoms with van der Waals surface area (Å²) in [5.74, 6) is 1.49. The van der Waals surface area contributed by atoms with Gasteiger partial charge in [0.15, 0.2) is 0 Å². The lowest BCUT2D eigenvalue weighted by Gasteiger charge is -2.24. The molecule has 0 atom stereocenters. The van der Waals surface area contributed by atoms with Crippen LogP contribution in [0.4, 0.5) is 5.69 Å². The van der Waals surface area contributed by atoms with Crippen LogP contribution in [0.15, 0.2) is 18.2 Å². The van der Waals surface area contributed by atoms with Gasteiger partial charge < -0.3 is 5.32 Å². The lowest BCUT2D eigenvalue weighted by Crippen LogP contribution is -2.29. The van der Waals surface area contributed by atoms with Gasteiger partial charge in [-0.25, -0.2) is 0 Å². The molecule has 17 heavy (non-hydrogen) atoms. The van der Waals surface area contributed by atoms with Crippen LogP contribution in [0.25, 0.3) is 0 Å². The molecule has 90 valence electrons. The van der Waals surface area contributed by atoms with Crippen LogP contribution in [-0.2, 0) is 10.8 Å². The van der Waals surface area contributed by atoms with Crippen LogP contribution in [-0.4, -0.2) is 21.8 Å². The lowest BCUT2D eigenvalue weighted by atomic mass is 10.1. The molecule has 1 heterocycles. The third-order valence-electron chi connectivity index (χ3n) is 2.85. The van der Waals surface area contributed by atoms with Crippen LogP contribution >= 0.6 is 11.6 Å². The fourth-order valence-electron chi connectivity index (χ4n) is 1.89. The minimum Gasteiger partial charge on any atom is -0.381 e. The first-order valence-electron chi connectivity index (χ1n) is 5.50. The van der Waals surface area contributed by atoms with Crippen molar-refractivity contribution < 1.29 is 4.21 Å². The Labute approximate surface area is 108 Å². The Morgan fingerprint density at radius 2 is 2.12 bits per heavy atom. The second-order valence-electron chi connectivity index (χ2n) is 4.07. The summed E-state index contributed by atoms with van der Waals surface area (Å²) in [5, 5.41) is 12.9. The van der Waals surface area contributed by atoms with E-state index in [1.165, 1.54) is 0 Å². The highest BCUT2D eigenvalue weighted by atomic mass is 35.5. The molecule has 1 aromatic rings. The summed E-state index contributed by atoms with van der Waals surface area (Å²) >= 11 is 5.84. The molecule has 5 heteroatoms. The number of hydrogen-bond acceptors (Lipinski definition) is 3. The summed E-state index contributed by atoms with van der Waals surface area (Å²) in [4.78, 5) is 0. The Morgan fingerprint density at radius 1 is 1.41 bits per heavy atom. The van der Waals surface area contributed by atoms with E-state index in [4.69, 9.17) is 16.9 Å². The largest absolute Gasteiger partial charge is 0.381 e. The predicted molar refractivity (Wildman–Crippen MR) is 70.7 cm³/mol. The summed E-state index contributed by atoms with van der Waals surface area (Å²) in [6.07, 6.45) is 1.78. The molecule has 3 nitrogen and oxygen atoms in total. The van der Waals surface area contributed by atoms with Gasteiger partial charge in [-0.1, -0.05) is 11.6 Å². The number of anilines is 1. The number of nitriles is 1. The average Bonchev–Trinajstić information content (AvgIpc) is 2.34. The van der Waals surface area contributed by atoms with Gasteiger partial charge in [-0.05, 0) is 31.0 Å². The fraction of sp³-hybridized carbons (Fsp3) is 0.417. The van der Waals surface area contributed by atoms with Crippen molar-refractivity contribution in [2.75, 3.05) is 16.8 Å². The van der Waals surface area contributed by atoms with E-state index >= 15 is 0 Å². The zero-order valence-corrected chi connectivity index (χ0v) is 10.9. The molecule has 1 saturated heterocycles. The van der Waals surface area contributed by atoms with E-state index in [0.717, 1.165) is 30.0 Å². The van der Waals surface area contributed by atoms with Crippen LogP contribution in [0.5, 0.6) is 0 Å². The molecule has 0 aromatic heterocycles. The van der Waals surface area contributed by atoms with Gasteiger partial charge >= 0.3 is 0 Å². The summed E-state index contributed by atoms with van der Waals surface area (Å²) in [6.45, 7) is 0. The maximum Gasteiger partial charge on any atom is 0.101 e. The number of halogens is 1. The normalized spacial score (nSPS) is 24.0. The van der Waals surface area contributed by atoms with Crippen molar-refractivity contribution in [3.63, 3.8) is 0 Å². The molecule has 1 aliphatic heterocycles. The van der Waals surface area contributed by atoms with E-state index in [0.29, 0.717) is 16.6 Å². The molecule has 0 spiro atoms. The lowest BCUT2D eigenvalue weighted by molar-refractivity contribution is 0.624. The highest BCUT2D eigenvalue weighted by Crippen LogP contribution is 2.23. The highest BCUT2D eigenvalue weighted by molar-refractivity contribution is 7.85. The molecule has 0 radical (unpaired) electrons. The van der Waals surface area contributed by atoms with Crippen molar-refractivity contribution in [3.05, 3.63) is 28.8 Å². The molecule has 0 saturated carbocycles. The summed E-state index contributed by atoms with van der Waals surface area (Å²) in [5.41, 5.74) is 1.37. The molecule has 1 N–H and O–H groups in total. The van der Waals surface area contributed by atoms with Crippen molar-refractivity contribution in [2.45, 2.75) is 18.9 Å². The van der Waals surface area contributed by atoms with Crippen molar-refractivity contribution >= 4 is 28.1 Å². The van der Waals surface area contributed by atoms with Crippen molar-refractivity contribution in [3.8, 4) is 6.07 Å². The Bertz CT molecular complexity index is 474. The molecule has 1 fully saturated rings. The predicted octanol–water partition coefficient (Wildman–Crippen LogP) is 2.53. The maximum absolute atomic E-state index is 11.2. The zero-order chi connectivity index (χ0) is 12.3. The highest BCUT2D eigenvalue weighted by Gasteiger charge is 2.18. The van der Waals surface area contributed by atoms with Gasteiger partial charge in [0, 0.05) is 33.4 Å². The molecular weight excluding hydrogens is 256 g/mol. The van der Waals surface area contributed by atoms with Crippen LogP contribution in [0.1, 0.15) is 18.4 Å². The zero-order valence-electron chi connectivity index (χ0n) is 9.28. The summed E-state index contributed by atoms with van der Waals surface area (Å²) in [6, 6.07) is 7.69. The first kappa shape index (κ1) is 12.4. The molecule has 1 aliphatic rings. The van der Waals surface area contributed by atoms with Crippen molar-refractivity contribution in [1.82, 2.24) is 0 Å². The van der Waals surface area contributed by atoms with Crippen LogP contribution in [0.2, 0.25) is 5.02 Å². The Balaban J connectivity index is 2.08. The number of rotatable bonds is 2. The first-order valence-corrected chi connectivity index (χ1v) is 7.37. The van der Waals surface area contributed by atoms with E-state index < -0.39 is 10.8 Å². The topological polar surface area (TPSA) is 52.9 Å². The summed E-state index contributed by atoms with van der Waals surface area (Å²) < 4.78 is 11.2. The molecule has 0 unspecified atom stereocenters. The van der Waals surface area contributed by atoms with Crippen molar-refractivity contribution in [1.29, 1.82) is 5.26 Å². The second-order valence-corrected chi connectivity index (χ2v) is 6.20. The molecule has 0 bridgehead atoms. The first-order chi connectivity index (χ1) is 8.19. The minimum atomic E-state index is -0.656. The van der Waals surface area contributed by atoms with Gasteiger partial charge in [0.2, 0.25) is 0 Å².